The molecule has 0 radical (unpaired) electrons. The maximum absolute atomic E-state index is 13.6. The molecule has 0 amide bonds. The molecule has 0 aliphatic rings. The summed E-state index contributed by atoms with van der Waals surface area (Å²) in [4.78, 5) is 0. The fourth-order valence-electron chi connectivity index (χ4n) is 1.74. The SMILES string of the molecule is CC(O)CNCc1ccc(-c2c(F)cccc2F)o1. The van der Waals surface area contributed by atoms with E-state index in [-0.39, 0.29) is 11.3 Å². The van der Waals surface area contributed by atoms with E-state index in [1.54, 1.807) is 13.0 Å². The summed E-state index contributed by atoms with van der Waals surface area (Å²) in [6, 6.07) is 6.86. The quantitative estimate of drug-likeness (QED) is 0.875. The van der Waals surface area contributed by atoms with Crippen LogP contribution in [-0.4, -0.2) is 17.8 Å². The van der Waals surface area contributed by atoms with Crippen LogP contribution in [-0.2, 0) is 6.54 Å². The minimum absolute atomic E-state index is 0.157. The van der Waals surface area contributed by atoms with Crippen LogP contribution in [0, 0.1) is 11.6 Å². The van der Waals surface area contributed by atoms with E-state index in [0.29, 0.717) is 18.8 Å². The van der Waals surface area contributed by atoms with Crippen molar-refractivity contribution in [2.24, 2.45) is 0 Å². The second-order valence-electron chi connectivity index (χ2n) is 4.34. The highest BCUT2D eigenvalue weighted by molar-refractivity contribution is 5.59. The van der Waals surface area contributed by atoms with Gasteiger partial charge in [-0.1, -0.05) is 6.07 Å². The number of rotatable bonds is 5. The van der Waals surface area contributed by atoms with Gasteiger partial charge in [-0.15, -0.1) is 0 Å². The Hall–Kier alpha value is -1.72. The van der Waals surface area contributed by atoms with E-state index in [1.807, 2.05) is 0 Å². The van der Waals surface area contributed by atoms with E-state index in [4.69, 9.17) is 9.52 Å². The van der Waals surface area contributed by atoms with Crippen LogP contribution in [0.5, 0.6) is 0 Å². The fraction of sp³-hybridized carbons (Fsp3) is 0.286. The van der Waals surface area contributed by atoms with Gasteiger partial charge in [0.25, 0.3) is 0 Å². The lowest BCUT2D eigenvalue weighted by Crippen LogP contribution is -2.23. The first kappa shape index (κ1) is 13.7. The van der Waals surface area contributed by atoms with E-state index in [9.17, 15) is 8.78 Å². The van der Waals surface area contributed by atoms with Gasteiger partial charge in [0.05, 0.1) is 18.2 Å². The Morgan fingerprint density at radius 3 is 2.53 bits per heavy atom. The van der Waals surface area contributed by atoms with Gasteiger partial charge in [-0.3, -0.25) is 0 Å². The smallest absolute Gasteiger partial charge is 0.140 e. The third kappa shape index (κ3) is 3.39. The lowest BCUT2D eigenvalue weighted by Gasteiger charge is -2.05. The van der Waals surface area contributed by atoms with Crippen LogP contribution in [0.2, 0.25) is 0 Å². The first-order chi connectivity index (χ1) is 9.08. The molecule has 0 saturated heterocycles. The van der Waals surface area contributed by atoms with Crippen LogP contribution >= 0.6 is 0 Å². The molecule has 0 spiro atoms. The van der Waals surface area contributed by atoms with Crippen LogP contribution in [0.25, 0.3) is 11.3 Å². The minimum Gasteiger partial charge on any atom is -0.460 e. The van der Waals surface area contributed by atoms with Gasteiger partial charge in [-0.2, -0.15) is 0 Å². The molecule has 1 heterocycles. The van der Waals surface area contributed by atoms with Crippen molar-refractivity contribution in [3.05, 3.63) is 47.7 Å². The summed E-state index contributed by atoms with van der Waals surface area (Å²) >= 11 is 0. The molecule has 3 nitrogen and oxygen atoms in total. The first-order valence-corrected chi connectivity index (χ1v) is 6.00. The Bertz CT molecular complexity index is 532. The Morgan fingerprint density at radius 1 is 1.21 bits per heavy atom. The van der Waals surface area contributed by atoms with Gasteiger partial charge < -0.3 is 14.8 Å². The standard InChI is InChI=1S/C14H15F2NO2/c1-9(18)7-17-8-10-5-6-13(19-10)14-11(15)3-2-4-12(14)16/h2-6,9,17-18H,7-8H2,1H3. The number of hydrogen-bond donors (Lipinski definition) is 2. The summed E-state index contributed by atoms with van der Waals surface area (Å²) < 4.78 is 32.5. The zero-order chi connectivity index (χ0) is 13.8. The van der Waals surface area contributed by atoms with Gasteiger partial charge in [0.1, 0.15) is 23.2 Å². The third-order valence-electron chi connectivity index (χ3n) is 2.61. The van der Waals surface area contributed by atoms with Gasteiger partial charge in [-0.05, 0) is 31.2 Å². The predicted octanol–water partition coefficient (Wildman–Crippen LogP) is 2.70. The normalized spacial score (nSPS) is 12.6. The summed E-state index contributed by atoms with van der Waals surface area (Å²) in [5, 5.41) is 12.1. The number of furan rings is 1. The van der Waals surface area contributed by atoms with E-state index in [0.717, 1.165) is 0 Å². The van der Waals surface area contributed by atoms with Crippen molar-refractivity contribution in [2.75, 3.05) is 6.54 Å². The van der Waals surface area contributed by atoms with Crippen molar-refractivity contribution >= 4 is 0 Å². The predicted molar refractivity (Wildman–Crippen MR) is 67.4 cm³/mol. The fourth-order valence-corrected chi connectivity index (χ4v) is 1.74. The average Bonchev–Trinajstić information content (AvgIpc) is 2.77. The Kier molecular flexibility index (Phi) is 4.29. The van der Waals surface area contributed by atoms with Gasteiger partial charge in [0, 0.05) is 6.54 Å². The molecule has 2 aromatic rings. The van der Waals surface area contributed by atoms with Gasteiger partial charge in [0.2, 0.25) is 0 Å². The van der Waals surface area contributed by atoms with Crippen LogP contribution in [0.3, 0.4) is 0 Å². The zero-order valence-electron chi connectivity index (χ0n) is 10.5. The first-order valence-electron chi connectivity index (χ1n) is 6.00. The molecule has 5 heteroatoms. The Balaban J connectivity index is 2.12. The molecule has 1 aromatic heterocycles. The maximum atomic E-state index is 13.6. The average molecular weight is 267 g/mol. The molecule has 0 saturated carbocycles. The van der Waals surface area contributed by atoms with E-state index >= 15 is 0 Å². The van der Waals surface area contributed by atoms with Crippen molar-refractivity contribution in [2.45, 2.75) is 19.6 Å². The summed E-state index contributed by atoms with van der Waals surface area (Å²) in [5.74, 6) is -0.599. The molecular weight excluding hydrogens is 252 g/mol. The van der Waals surface area contributed by atoms with Crippen LogP contribution in [0.1, 0.15) is 12.7 Å². The number of nitrogens with one attached hydrogen (secondary N) is 1. The third-order valence-corrected chi connectivity index (χ3v) is 2.61. The number of halogens is 2. The van der Waals surface area contributed by atoms with E-state index < -0.39 is 17.7 Å². The Morgan fingerprint density at radius 2 is 1.89 bits per heavy atom. The molecule has 0 fully saturated rings. The highest BCUT2D eigenvalue weighted by atomic mass is 19.1. The molecule has 0 aliphatic carbocycles. The lowest BCUT2D eigenvalue weighted by atomic mass is 10.1. The highest BCUT2D eigenvalue weighted by Crippen LogP contribution is 2.27. The van der Waals surface area contributed by atoms with Crippen LogP contribution in [0.4, 0.5) is 8.78 Å². The van der Waals surface area contributed by atoms with Gasteiger partial charge in [0.15, 0.2) is 0 Å². The molecule has 19 heavy (non-hydrogen) atoms. The number of aliphatic hydroxyl groups is 1. The molecule has 0 aliphatic heterocycles. The van der Waals surface area contributed by atoms with Gasteiger partial charge in [-0.25, -0.2) is 8.78 Å². The summed E-state index contributed by atoms with van der Waals surface area (Å²) in [7, 11) is 0. The second kappa shape index (κ2) is 5.95. The number of hydrogen-bond acceptors (Lipinski definition) is 3. The van der Waals surface area contributed by atoms with Crippen LogP contribution < -0.4 is 5.32 Å². The van der Waals surface area contributed by atoms with E-state index in [2.05, 4.69) is 5.32 Å². The summed E-state index contributed by atoms with van der Waals surface area (Å²) in [5.41, 5.74) is -0.163. The summed E-state index contributed by atoms with van der Waals surface area (Å²) in [6.45, 7) is 2.47. The molecule has 102 valence electrons. The molecule has 0 bridgehead atoms. The van der Waals surface area contributed by atoms with Crippen molar-refractivity contribution in [3.8, 4) is 11.3 Å². The number of benzene rings is 1. The van der Waals surface area contributed by atoms with Crippen molar-refractivity contribution in [1.82, 2.24) is 5.32 Å². The van der Waals surface area contributed by atoms with Crippen molar-refractivity contribution in [3.63, 3.8) is 0 Å². The molecule has 2 N–H and O–H groups in total. The summed E-state index contributed by atoms with van der Waals surface area (Å²) in [6.07, 6.45) is -0.460. The molecule has 1 unspecified atom stereocenters. The zero-order valence-corrected chi connectivity index (χ0v) is 10.5. The molecule has 1 atom stereocenters. The largest absolute Gasteiger partial charge is 0.460 e. The van der Waals surface area contributed by atoms with Crippen LogP contribution in [0.15, 0.2) is 34.7 Å². The molecular formula is C14H15F2NO2. The maximum Gasteiger partial charge on any atom is 0.140 e. The van der Waals surface area contributed by atoms with E-state index in [1.165, 1.54) is 24.3 Å². The highest BCUT2D eigenvalue weighted by Gasteiger charge is 2.14. The lowest BCUT2D eigenvalue weighted by molar-refractivity contribution is 0.190. The second-order valence-corrected chi connectivity index (χ2v) is 4.34. The van der Waals surface area contributed by atoms with Crippen molar-refractivity contribution < 1.29 is 18.3 Å². The minimum atomic E-state index is -0.655. The topological polar surface area (TPSA) is 45.4 Å². The molecule has 2 rings (SSSR count). The number of aliphatic hydroxyl groups excluding tert-OH is 1. The van der Waals surface area contributed by atoms with Crippen molar-refractivity contribution in [1.29, 1.82) is 0 Å². The van der Waals surface area contributed by atoms with Gasteiger partial charge >= 0.3 is 0 Å². The Labute approximate surface area is 109 Å². The molecule has 1 aromatic carbocycles. The monoisotopic (exact) mass is 267 g/mol.